The van der Waals surface area contributed by atoms with Crippen LogP contribution < -0.4 is 0 Å². The Morgan fingerprint density at radius 2 is 2.24 bits per heavy atom. The van der Waals surface area contributed by atoms with Gasteiger partial charge in [0.25, 0.3) is 0 Å². The fourth-order valence-electron chi connectivity index (χ4n) is 1.46. The van der Waals surface area contributed by atoms with Crippen LogP contribution in [0.25, 0.3) is 0 Å². The van der Waals surface area contributed by atoms with Crippen LogP contribution in [-0.2, 0) is 11.2 Å². The molecule has 0 fully saturated rings. The van der Waals surface area contributed by atoms with Gasteiger partial charge in [0.05, 0.1) is 6.07 Å². The summed E-state index contributed by atoms with van der Waals surface area (Å²) in [5, 5.41) is 26.6. The van der Waals surface area contributed by atoms with Gasteiger partial charge < -0.3 is 10.2 Å². The lowest BCUT2D eigenvalue weighted by Crippen LogP contribution is -2.13. The summed E-state index contributed by atoms with van der Waals surface area (Å²) in [5.74, 6) is -1.41. The maximum atomic E-state index is 10.7. The van der Waals surface area contributed by atoms with Crippen LogP contribution in [0.15, 0.2) is 18.2 Å². The Hall–Kier alpha value is -2.19. The molecular weight excluding hydrogens is 222 g/mol. The van der Waals surface area contributed by atoms with Crippen LogP contribution in [0.2, 0.25) is 0 Å². The average Bonchev–Trinajstić information content (AvgIpc) is 2.34. The van der Waals surface area contributed by atoms with Gasteiger partial charge in [-0.05, 0) is 12.0 Å². The van der Waals surface area contributed by atoms with Gasteiger partial charge in [0.2, 0.25) is 0 Å². The second-order valence-corrected chi connectivity index (χ2v) is 3.48. The number of benzene rings is 1. The molecule has 5 heteroatoms. The summed E-state index contributed by atoms with van der Waals surface area (Å²) in [5.41, 5.74) is 0.913. The van der Waals surface area contributed by atoms with Gasteiger partial charge in [-0.2, -0.15) is 5.26 Å². The predicted octanol–water partition coefficient (Wildman–Crippen LogP) is 1.07. The van der Waals surface area contributed by atoms with E-state index in [2.05, 4.69) is 0 Å². The Bertz CT molecular complexity index is 476. The monoisotopic (exact) mass is 233 g/mol. The summed E-state index contributed by atoms with van der Waals surface area (Å²) in [6, 6.07) is 6.50. The molecule has 0 saturated heterocycles. The quantitative estimate of drug-likeness (QED) is 0.741. The van der Waals surface area contributed by atoms with Crippen molar-refractivity contribution in [2.24, 2.45) is 0 Å². The molecule has 0 aliphatic carbocycles. The molecule has 88 valence electrons. The highest BCUT2D eigenvalue weighted by atomic mass is 16.4. The van der Waals surface area contributed by atoms with Crippen molar-refractivity contribution >= 4 is 12.3 Å². The number of carbonyl (C=O) groups is 2. The number of aliphatic carboxylic acids is 1. The van der Waals surface area contributed by atoms with Crippen molar-refractivity contribution < 1.29 is 19.8 Å². The van der Waals surface area contributed by atoms with E-state index in [0.29, 0.717) is 24.7 Å². The number of hydrogen-bond acceptors (Lipinski definition) is 4. The van der Waals surface area contributed by atoms with Crippen LogP contribution in [0, 0.1) is 11.3 Å². The van der Waals surface area contributed by atoms with E-state index in [1.54, 1.807) is 6.07 Å². The Morgan fingerprint density at radius 1 is 1.53 bits per heavy atom. The van der Waals surface area contributed by atoms with Crippen molar-refractivity contribution in [1.29, 1.82) is 5.26 Å². The molecule has 0 radical (unpaired) electrons. The number of carboxylic acids is 1. The first-order valence-electron chi connectivity index (χ1n) is 4.96. The molecule has 1 atom stereocenters. The fourth-order valence-corrected chi connectivity index (χ4v) is 1.46. The van der Waals surface area contributed by atoms with Crippen molar-refractivity contribution in [1.82, 2.24) is 0 Å². The fraction of sp³-hybridized carbons (Fsp3) is 0.250. The molecule has 2 N–H and O–H groups in total. The molecule has 0 aromatic heterocycles. The molecule has 1 aromatic carbocycles. The van der Waals surface area contributed by atoms with Crippen molar-refractivity contribution in [3.8, 4) is 6.07 Å². The van der Waals surface area contributed by atoms with Gasteiger partial charge in [-0.3, -0.25) is 4.79 Å². The second-order valence-electron chi connectivity index (χ2n) is 3.48. The third kappa shape index (κ3) is 3.13. The Labute approximate surface area is 97.9 Å². The lowest BCUT2D eigenvalue weighted by molar-refractivity contribution is -0.146. The Balaban J connectivity index is 3.11. The van der Waals surface area contributed by atoms with Crippen LogP contribution >= 0.6 is 0 Å². The Morgan fingerprint density at radius 3 is 2.76 bits per heavy atom. The van der Waals surface area contributed by atoms with E-state index < -0.39 is 12.1 Å². The van der Waals surface area contributed by atoms with Gasteiger partial charge in [0, 0.05) is 17.5 Å². The molecule has 0 heterocycles. The largest absolute Gasteiger partial charge is 0.479 e. The van der Waals surface area contributed by atoms with Gasteiger partial charge in [0.1, 0.15) is 6.29 Å². The molecular formula is C12H11NO4. The van der Waals surface area contributed by atoms with E-state index in [-0.39, 0.29) is 11.1 Å². The third-order valence-corrected chi connectivity index (χ3v) is 2.33. The van der Waals surface area contributed by atoms with Gasteiger partial charge in [-0.25, -0.2) is 4.79 Å². The number of aldehydes is 1. The smallest absolute Gasteiger partial charge is 0.337 e. The minimum absolute atomic E-state index is 0.0583. The van der Waals surface area contributed by atoms with Gasteiger partial charge in [0.15, 0.2) is 6.10 Å². The molecule has 0 amide bonds. The zero-order valence-electron chi connectivity index (χ0n) is 8.96. The lowest BCUT2D eigenvalue weighted by atomic mass is 9.98. The zero-order valence-corrected chi connectivity index (χ0v) is 8.96. The highest BCUT2D eigenvalue weighted by Crippen LogP contribution is 2.20. The number of nitrogens with zero attached hydrogens (tertiary/aromatic N) is 1. The SMILES string of the molecule is N#CCCc1ccc(C=O)c(C(O)C(=O)O)c1. The van der Waals surface area contributed by atoms with Crippen LogP contribution in [0.1, 0.15) is 34.0 Å². The summed E-state index contributed by atoms with van der Waals surface area (Å²) in [4.78, 5) is 21.4. The van der Waals surface area contributed by atoms with Crippen LogP contribution in [-0.4, -0.2) is 22.5 Å². The number of carboxylic acid groups (broad SMARTS) is 1. The molecule has 5 nitrogen and oxygen atoms in total. The topological polar surface area (TPSA) is 98.4 Å². The van der Waals surface area contributed by atoms with E-state index in [1.807, 2.05) is 6.07 Å². The normalized spacial score (nSPS) is 11.5. The van der Waals surface area contributed by atoms with Gasteiger partial charge in [-0.15, -0.1) is 0 Å². The number of aliphatic hydroxyl groups is 1. The summed E-state index contributed by atoms with van der Waals surface area (Å²) < 4.78 is 0. The second kappa shape index (κ2) is 5.77. The molecule has 17 heavy (non-hydrogen) atoms. The minimum atomic E-state index is -1.72. The maximum absolute atomic E-state index is 10.7. The standard InChI is InChI=1S/C12H11NO4/c13-5-1-2-8-3-4-9(7-14)10(6-8)11(15)12(16)17/h3-4,6-7,11,15H,1-2H2,(H,16,17). The van der Waals surface area contributed by atoms with Crippen LogP contribution in [0.5, 0.6) is 0 Å². The summed E-state index contributed by atoms with van der Waals surface area (Å²) in [6.07, 6.45) is -0.481. The number of hydrogen-bond donors (Lipinski definition) is 2. The maximum Gasteiger partial charge on any atom is 0.337 e. The molecule has 0 bridgehead atoms. The number of aliphatic hydroxyl groups excluding tert-OH is 1. The molecule has 1 aromatic rings. The third-order valence-electron chi connectivity index (χ3n) is 2.33. The predicted molar refractivity (Wildman–Crippen MR) is 58.4 cm³/mol. The average molecular weight is 233 g/mol. The summed E-state index contributed by atoms with van der Waals surface area (Å²) >= 11 is 0. The van der Waals surface area contributed by atoms with E-state index >= 15 is 0 Å². The lowest BCUT2D eigenvalue weighted by Gasteiger charge is -2.10. The highest BCUT2D eigenvalue weighted by molar-refractivity contribution is 5.83. The first-order chi connectivity index (χ1) is 8.10. The van der Waals surface area contributed by atoms with Gasteiger partial charge in [-0.1, -0.05) is 18.2 Å². The van der Waals surface area contributed by atoms with E-state index in [9.17, 15) is 14.7 Å². The van der Waals surface area contributed by atoms with E-state index in [1.165, 1.54) is 12.1 Å². The number of aryl methyl sites for hydroxylation is 1. The number of carbonyl (C=O) groups excluding carboxylic acids is 1. The molecule has 0 aliphatic heterocycles. The summed E-state index contributed by atoms with van der Waals surface area (Å²) in [7, 11) is 0. The van der Waals surface area contributed by atoms with Crippen LogP contribution in [0.3, 0.4) is 0 Å². The zero-order chi connectivity index (χ0) is 12.8. The van der Waals surface area contributed by atoms with Crippen molar-refractivity contribution in [3.05, 3.63) is 34.9 Å². The first-order valence-corrected chi connectivity index (χ1v) is 4.96. The first kappa shape index (κ1) is 12.9. The van der Waals surface area contributed by atoms with E-state index in [4.69, 9.17) is 10.4 Å². The van der Waals surface area contributed by atoms with Crippen molar-refractivity contribution in [2.75, 3.05) is 0 Å². The molecule has 1 unspecified atom stereocenters. The number of rotatable bonds is 5. The Kier molecular flexibility index (Phi) is 4.37. The number of nitriles is 1. The van der Waals surface area contributed by atoms with Crippen molar-refractivity contribution in [3.63, 3.8) is 0 Å². The molecule has 0 aliphatic rings. The molecule has 1 rings (SSSR count). The highest BCUT2D eigenvalue weighted by Gasteiger charge is 2.19. The van der Waals surface area contributed by atoms with Gasteiger partial charge >= 0.3 is 5.97 Å². The molecule has 0 spiro atoms. The molecule has 0 saturated carbocycles. The van der Waals surface area contributed by atoms with Crippen molar-refractivity contribution in [2.45, 2.75) is 18.9 Å². The minimum Gasteiger partial charge on any atom is -0.479 e. The van der Waals surface area contributed by atoms with E-state index in [0.717, 1.165) is 0 Å². The van der Waals surface area contributed by atoms with Crippen LogP contribution in [0.4, 0.5) is 0 Å². The summed E-state index contributed by atoms with van der Waals surface area (Å²) in [6.45, 7) is 0.